The van der Waals surface area contributed by atoms with E-state index in [1.165, 1.54) is 4.90 Å². The Morgan fingerprint density at radius 2 is 1.95 bits per heavy atom. The molecule has 1 saturated heterocycles. The van der Waals surface area contributed by atoms with Gasteiger partial charge >= 0.3 is 6.09 Å². The number of carbonyl (C=O) groups is 2. The molecular formula is C13H14N2O4. The molecule has 6 heteroatoms. The Bertz CT molecular complexity index is 517. The number of hydrogen-bond acceptors (Lipinski definition) is 4. The van der Waals surface area contributed by atoms with Gasteiger partial charge in [-0.25, -0.2) is 4.79 Å². The smallest absolute Gasteiger partial charge is 0.410 e. The van der Waals surface area contributed by atoms with E-state index in [0.29, 0.717) is 32.1 Å². The minimum Gasteiger partial charge on any atom is -0.490 e. The average molecular weight is 262 g/mol. The topological polar surface area (TPSA) is 59.1 Å². The van der Waals surface area contributed by atoms with E-state index in [-0.39, 0.29) is 12.5 Å². The van der Waals surface area contributed by atoms with Crippen molar-refractivity contribution in [1.82, 2.24) is 4.90 Å². The van der Waals surface area contributed by atoms with E-state index in [9.17, 15) is 9.59 Å². The van der Waals surface area contributed by atoms with Gasteiger partial charge in [-0.15, -0.1) is 0 Å². The second kappa shape index (κ2) is 4.79. The summed E-state index contributed by atoms with van der Waals surface area (Å²) in [6, 6.07) is 7.40. The van der Waals surface area contributed by atoms with E-state index in [1.54, 1.807) is 4.90 Å². The van der Waals surface area contributed by atoms with Gasteiger partial charge in [-0.05, 0) is 12.1 Å². The van der Waals surface area contributed by atoms with Crippen LogP contribution in [0.1, 0.15) is 0 Å². The number of fused-ring (bicyclic) bond motifs is 1. The lowest BCUT2D eigenvalue weighted by Gasteiger charge is -2.30. The number of carbonyl (C=O) groups excluding carboxylic acids is 2. The SMILES string of the molecule is O=C1OCCN1CC(=O)N1CCOc2ccccc21. The number of anilines is 1. The predicted octanol–water partition coefficient (Wildman–Crippen LogP) is 0.864. The van der Waals surface area contributed by atoms with Gasteiger partial charge < -0.3 is 14.4 Å². The van der Waals surface area contributed by atoms with Gasteiger partial charge in [0.1, 0.15) is 25.5 Å². The first-order chi connectivity index (χ1) is 9.25. The van der Waals surface area contributed by atoms with E-state index < -0.39 is 6.09 Å². The average Bonchev–Trinajstić information content (AvgIpc) is 2.83. The van der Waals surface area contributed by atoms with E-state index in [4.69, 9.17) is 9.47 Å². The van der Waals surface area contributed by atoms with Gasteiger partial charge in [0.05, 0.1) is 18.8 Å². The number of cyclic esters (lactones) is 1. The molecule has 1 fully saturated rings. The Morgan fingerprint density at radius 1 is 1.16 bits per heavy atom. The minimum absolute atomic E-state index is 0.0488. The third kappa shape index (κ3) is 2.21. The van der Waals surface area contributed by atoms with E-state index in [1.807, 2.05) is 24.3 Å². The number of para-hydroxylation sites is 2. The largest absolute Gasteiger partial charge is 0.490 e. The monoisotopic (exact) mass is 262 g/mol. The molecule has 2 aliphatic rings. The van der Waals surface area contributed by atoms with Crippen LogP contribution in [0.5, 0.6) is 5.75 Å². The van der Waals surface area contributed by atoms with Crippen LogP contribution < -0.4 is 9.64 Å². The van der Waals surface area contributed by atoms with Gasteiger partial charge in [0.15, 0.2) is 0 Å². The summed E-state index contributed by atoms with van der Waals surface area (Å²) in [5.41, 5.74) is 0.756. The summed E-state index contributed by atoms with van der Waals surface area (Å²) >= 11 is 0. The zero-order chi connectivity index (χ0) is 13.2. The lowest BCUT2D eigenvalue weighted by Crippen LogP contribution is -2.44. The highest BCUT2D eigenvalue weighted by molar-refractivity contribution is 5.97. The Hall–Kier alpha value is -2.24. The molecule has 0 radical (unpaired) electrons. The number of rotatable bonds is 2. The Labute approximate surface area is 110 Å². The molecule has 0 atom stereocenters. The molecule has 0 saturated carbocycles. The summed E-state index contributed by atoms with van der Waals surface area (Å²) in [5.74, 6) is 0.584. The summed E-state index contributed by atoms with van der Waals surface area (Å²) in [5, 5.41) is 0. The third-order valence-corrected chi connectivity index (χ3v) is 3.20. The van der Waals surface area contributed by atoms with Gasteiger partial charge in [-0.3, -0.25) is 9.69 Å². The van der Waals surface area contributed by atoms with Crippen LogP contribution in [0.25, 0.3) is 0 Å². The van der Waals surface area contributed by atoms with Crippen molar-refractivity contribution in [2.75, 3.05) is 37.7 Å². The number of nitrogens with zero attached hydrogens (tertiary/aromatic N) is 2. The fourth-order valence-corrected chi connectivity index (χ4v) is 2.25. The van der Waals surface area contributed by atoms with Crippen LogP contribution in [-0.2, 0) is 9.53 Å². The summed E-state index contributed by atoms with van der Waals surface area (Å²) in [4.78, 5) is 26.7. The molecule has 3 rings (SSSR count). The van der Waals surface area contributed by atoms with Crippen LogP contribution in [0.4, 0.5) is 10.5 Å². The van der Waals surface area contributed by atoms with Gasteiger partial charge in [0.2, 0.25) is 5.91 Å². The summed E-state index contributed by atoms with van der Waals surface area (Å²) in [7, 11) is 0. The molecule has 2 heterocycles. The highest BCUT2D eigenvalue weighted by Gasteiger charge is 2.29. The quantitative estimate of drug-likeness (QED) is 0.793. The molecule has 6 nitrogen and oxygen atoms in total. The molecule has 100 valence electrons. The maximum atomic E-state index is 12.3. The molecule has 0 aliphatic carbocycles. The lowest BCUT2D eigenvalue weighted by atomic mass is 10.2. The van der Waals surface area contributed by atoms with Gasteiger partial charge in [-0.1, -0.05) is 12.1 Å². The molecule has 2 aliphatic heterocycles. The summed E-state index contributed by atoms with van der Waals surface area (Å²) < 4.78 is 10.3. The molecule has 1 aromatic carbocycles. The van der Waals surface area contributed by atoms with Crippen molar-refractivity contribution in [1.29, 1.82) is 0 Å². The fourth-order valence-electron chi connectivity index (χ4n) is 2.25. The highest BCUT2D eigenvalue weighted by atomic mass is 16.6. The Balaban J connectivity index is 1.76. The van der Waals surface area contributed by atoms with Crippen LogP contribution >= 0.6 is 0 Å². The molecule has 0 aromatic heterocycles. The third-order valence-electron chi connectivity index (χ3n) is 3.20. The molecule has 1 aromatic rings. The molecule has 0 unspecified atom stereocenters. The number of ether oxygens (including phenoxy) is 2. The van der Waals surface area contributed by atoms with Gasteiger partial charge in [0, 0.05) is 0 Å². The van der Waals surface area contributed by atoms with Crippen LogP contribution in [-0.4, -0.2) is 49.7 Å². The Kier molecular flexibility index (Phi) is 2.98. The van der Waals surface area contributed by atoms with Gasteiger partial charge in [0.25, 0.3) is 0 Å². The van der Waals surface area contributed by atoms with Crippen molar-refractivity contribution < 1.29 is 19.1 Å². The maximum absolute atomic E-state index is 12.3. The van der Waals surface area contributed by atoms with Gasteiger partial charge in [-0.2, -0.15) is 0 Å². The molecule has 0 N–H and O–H groups in total. The Morgan fingerprint density at radius 3 is 2.74 bits per heavy atom. The zero-order valence-corrected chi connectivity index (χ0v) is 10.4. The normalized spacial score (nSPS) is 17.8. The standard InChI is InChI=1S/C13H14N2O4/c16-12(9-14-5-7-19-13(14)17)15-6-8-18-11-4-2-1-3-10(11)15/h1-4H,5-9H2. The van der Waals surface area contributed by atoms with Crippen LogP contribution in [0.2, 0.25) is 0 Å². The number of hydrogen-bond donors (Lipinski definition) is 0. The van der Waals surface area contributed by atoms with E-state index >= 15 is 0 Å². The molecule has 2 amide bonds. The minimum atomic E-state index is -0.421. The van der Waals surface area contributed by atoms with Crippen molar-refractivity contribution in [3.05, 3.63) is 24.3 Å². The second-order valence-electron chi connectivity index (χ2n) is 4.40. The molecule has 0 bridgehead atoms. The van der Waals surface area contributed by atoms with Crippen molar-refractivity contribution >= 4 is 17.7 Å². The van der Waals surface area contributed by atoms with Crippen LogP contribution in [0.3, 0.4) is 0 Å². The predicted molar refractivity (Wildman–Crippen MR) is 67.2 cm³/mol. The second-order valence-corrected chi connectivity index (χ2v) is 4.40. The molecule has 19 heavy (non-hydrogen) atoms. The lowest BCUT2D eigenvalue weighted by molar-refractivity contribution is -0.119. The zero-order valence-electron chi connectivity index (χ0n) is 10.4. The first-order valence-electron chi connectivity index (χ1n) is 6.19. The fraction of sp³-hybridized carbons (Fsp3) is 0.385. The van der Waals surface area contributed by atoms with Crippen LogP contribution in [0.15, 0.2) is 24.3 Å². The molecular weight excluding hydrogens is 248 g/mol. The number of amides is 2. The van der Waals surface area contributed by atoms with Crippen LogP contribution in [0, 0.1) is 0 Å². The molecule has 0 spiro atoms. The van der Waals surface area contributed by atoms with E-state index in [0.717, 1.165) is 5.69 Å². The highest BCUT2D eigenvalue weighted by Crippen LogP contribution is 2.31. The van der Waals surface area contributed by atoms with Crippen molar-refractivity contribution in [3.8, 4) is 5.75 Å². The number of benzene rings is 1. The first-order valence-corrected chi connectivity index (χ1v) is 6.19. The van der Waals surface area contributed by atoms with Crippen molar-refractivity contribution in [2.24, 2.45) is 0 Å². The summed E-state index contributed by atoms with van der Waals surface area (Å²) in [6.45, 7) is 1.83. The van der Waals surface area contributed by atoms with E-state index in [2.05, 4.69) is 0 Å². The first kappa shape index (κ1) is 11.8. The van der Waals surface area contributed by atoms with Crippen molar-refractivity contribution in [3.63, 3.8) is 0 Å². The maximum Gasteiger partial charge on any atom is 0.410 e. The summed E-state index contributed by atoms with van der Waals surface area (Å²) in [6.07, 6.45) is -0.421. The van der Waals surface area contributed by atoms with Crippen molar-refractivity contribution in [2.45, 2.75) is 0 Å².